The zero-order valence-electron chi connectivity index (χ0n) is 19.9. The van der Waals surface area contributed by atoms with Crippen LogP contribution in [0.4, 0.5) is 4.39 Å². The quantitative estimate of drug-likeness (QED) is 0.478. The Balaban J connectivity index is 1.52. The van der Waals surface area contributed by atoms with Crippen LogP contribution in [0, 0.1) is 5.82 Å². The molecule has 1 aromatic carbocycles. The minimum atomic E-state index is -1.05. The summed E-state index contributed by atoms with van der Waals surface area (Å²) in [6, 6.07) is 10.4. The smallest absolute Gasteiger partial charge is 0.271 e. The van der Waals surface area contributed by atoms with Crippen molar-refractivity contribution in [2.24, 2.45) is 0 Å². The lowest BCUT2D eigenvalue weighted by molar-refractivity contribution is -0.134. The van der Waals surface area contributed by atoms with Gasteiger partial charge in [0.2, 0.25) is 5.91 Å². The number of aromatic nitrogens is 1. The van der Waals surface area contributed by atoms with Crippen molar-refractivity contribution in [1.29, 1.82) is 0 Å². The molecule has 3 heterocycles. The van der Waals surface area contributed by atoms with E-state index in [-0.39, 0.29) is 30.2 Å². The molecule has 5 rings (SSSR count). The minimum absolute atomic E-state index is 0.103. The molecule has 5 nitrogen and oxygen atoms in total. The SMILES string of the molecule is CCc1cc2c(cc3n2CC(C)(C(=O)NC2CCCCCC2)N(Cc2ccc(F)cc2)C3=O)s1. The summed E-state index contributed by atoms with van der Waals surface area (Å²) in [5, 5.41) is 3.30. The van der Waals surface area contributed by atoms with Gasteiger partial charge >= 0.3 is 0 Å². The van der Waals surface area contributed by atoms with Crippen LogP contribution in [0.1, 0.15) is 73.3 Å². The lowest BCUT2D eigenvalue weighted by atomic mass is 9.93. The molecule has 34 heavy (non-hydrogen) atoms. The molecule has 180 valence electrons. The van der Waals surface area contributed by atoms with E-state index < -0.39 is 5.54 Å². The number of hydrogen-bond acceptors (Lipinski definition) is 3. The average molecular weight is 482 g/mol. The van der Waals surface area contributed by atoms with Crippen LogP contribution in [-0.2, 0) is 24.3 Å². The Morgan fingerprint density at radius 1 is 1.15 bits per heavy atom. The molecule has 0 spiro atoms. The molecule has 2 aromatic heterocycles. The lowest BCUT2D eigenvalue weighted by Gasteiger charge is -2.44. The summed E-state index contributed by atoms with van der Waals surface area (Å²) in [6.45, 7) is 4.66. The zero-order valence-corrected chi connectivity index (χ0v) is 20.7. The predicted molar refractivity (Wildman–Crippen MR) is 134 cm³/mol. The third-order valence-corrected chi connectivity index (χ3v) is 8.66. The number of benzene rings is 1. The molecule has 1 N–H and O–H groups in total. The molecule has 1 fully saturated rings. The fraction of sp³-hybridized carbons (Fsp3) is 0.481. The molecule has 0 radical (unpaired) electrons. The van der Waals surface area contributed by atoms with E-state index in [1.54, 1.807) is 28.4 Å². The summed E-state index contributed by atoms with van der Waals surface area (Å²) in [6.07, 6.45) is 7.57. The monoisotopic (exact) mass is 481 g/mol. The van der Waals surface area contributed by atoms with Crippen molar-refractivity contribution in [3.05, 3.63) is 58.3 Å². The van der Waals surface area contributed by atoms with Gasteiger partial charge in [-0.25, -0.2) is 4.39 Å². The van der Waals surface area contributed by atoms with Crippen molar-refractivity contribution in [3.8, 4) is 0 Å². The van der Waals surface area contributed by atoms with E-state index in [9.17, 15) is 14.0 Å². The highest BCUT2D eigenvalue weighted by Gasteiger charge is 2.48. The number of nitrogens with zero attached hydrogens (tertiary/aromatic N) is 2. The number of carbonyl (C=O) groups is 2. The van der Waals surface area contributed by atoms with Gasteiger partial charge in [-0.2, -0.15) is 0 Å². The number of carbonyl (C=O) groups excluding carboxylic acids is 2. The number of fused-ring (bicyclic) bond motifs is 3. The van der Waals surface area contributed by atoms with Gasteiger partial charge in [-0.15, -0.1) is 11.3 Å². The van der Waals surface area contributed by atoms with Crippen molar-refractivity contribution in [2.75, 3.05) is 0 Å². The fourth-order valence-electron chi connectivity index (χ4n) is 5.35. The van der Waals surface area contributed by atoms with Crippen molar-refractivity contribution in [1.82, 2.24) is 14.8 Å². The van der Waals surface area contributed by atoms with Crippen molar-refractivity contribution in [2.45, 2.75) is 83.5 Å². The molecular formula is C27H32FN3O2S. The van der Waals surface area contributed by atoms with E-state index >= 15 is 0 Å². The Labute approximate surface area is 203 Å². The minimum Gasteiger partial charge on any atom is -0.351 e. The van der Waals surface area contributed by atoms with Crippen LogP contribution in [0.2, 0.25) is 0 Å². The average Bonchev–Trinajstić information content (AvgIpc) is 3.26. The number of amides is 2. The first-order valence-corrected chi connectivity index (χ1v) is 13.2. The molecule has 1 aliphatic heterocycles. The maximum Gasteiger partial charge on any atom is 0.271 e. The standard InChI is InChI=1S/C27H32FN3O2S/c1-3-21-14-22-24(34-21)15-23-25(32)31(16-18-10-12-19(28)13-11-18)27(2,17-30(22)23)26(33)29-20-8-6-4-5-7-9-20/h10-15,20H,3-9,16-17H2,1-2H3,(H,29,33). The van der Waals surface area contributed by atoms with Crippen LogP contribution in [-0.4, -0.2) is 32.9 Å². The van der Waals surface area contributed by atoms with E-state index in [1.165, 1.54) is 29.9 Å². The van der Waals surface area contributed by atoms with Crippen molar-refractivity contribution >= 4 is 33.4 Å². The van der Waals surface area contributed by atoms with Crippen LogP contribution >= 0.6 is 11.3 Å². The molecule has 0 saturated heterocycles. The van der Waals surface area contributed by atoms with Crippen LogP contribution < -0.4 is 5.32 Å². The summed E-state index contributed by atoms with van der Waals surface area (Å²) in [5.74, 6) is -0.577. The summed E-state index contributed by atoms with van der Waals surface area (Å²) >= 11 is 1.71. The van der Waals surface area contributed by atoms with Crippen LogP contribution in [0.25, 0.3) is 10.2 Å². The van der Waals surface area contributed by atoms with E-state index in [1.807, 2.05) is 17.6 Å². The first kappa shape index (κ1) is 23.1. The van der Waals surface area contributed by atoms with Crippen molar-refractivity contribution < 1.29 is 14.0 Å². The molecule has 1 unspecified atom stereocenters. The molecule has 7 heteroatoms. The molecule has 2 amide bonds. The highest BCUT2D eigenvalue weighted by atomic mass is 32.1. The largest absolute Gasteiger partial charge is 0.351 e. The van der Waals surface area contributed by atoms with Crippen LogP contribution in [0.5, 0.6) is 0 Å². The maximum atomic E-state index is 13.9. The Kier molecular flexibility index (Phi) is 6.23. The number of aryl methyl sites for hydroxylation is 1. The predicted octanol–water partition coefficient (Wildman–Crippen LogP) is 5.66. The van der Waals surface area contributed by atoms with Gasteiger partial charge in [0.15, 0.2) is 0 Å². The van der Waals surface area contributed by atoms with E-state index in [0.29, 0.717) is 12.2 Å². The lowest BCUT2D eigenvalue weighted by Crippen LogP contribution is -2.64. The normalized spacial score (nSPS) is 21.5. The van der Waals surface area contributed by atoms with Gasteiger partial charge in [-0.3, -0.25) is 9.59 Å². The third-order valence-electron chi connectivity index (χ3n) is 7.45. The van der Waals surface area contributed by atoms with Crippen LogP contribution in [0.15, 0.2) is 36.4 Å². The molecule has 2 aliphatic rings. The maximum absolute atomic E-state index is 13.9. The topological polar surface area (TPSA) is 54.3 Å². The van der Waals surface area contributed by atoms with Gasteiger partial charge in [-0.05, 0) is 56.0 Å². The van der Waals surface area contributed by atoms with Gasteiger partial charge in [-0.1, -0.05) is 44.7 Å². The molecule has 1 aliphatic carbocycles. The second-order valence-electron chi connectivity index (χ2n) is 9.89. The Morgan fingerprint density at radius 2 is 1.85 bits per heavy atom. The molecule has 1 saturated carbocycles. The number of nitrogens with one attached hydrogen (secondary N) is 1. The second-order valence-corrected chi connectivity index (χ2v) is 11.1. The van der Waals surface area contributed by atoms with Gasteiger partial charge in [0, 0.05) is 17.5 Å². The van der Waals surface area contributed by atoms with Gasteiger partial charge in [0.25, 0.3) is 5.91 Å². The second kappa shape index (κ2) is 9.17. The molecule has 0 bridgehead atoms. The highest BCUT2D eigenvalue weighted by Crippen LogP contribution is 2.37. The Morgan fingerprint density at radius 3 is 2.53 bits per heavy atom. The number of halogens is 1. The zero-order chi connectivity index (χ0) is 23.9. The van der Waals surface area contributed by atoms with E-state index in [4.69, 9.17) is 0 Å². The molecular weight excluding hydrogens is 449 g/mol. The van der Waals surface area contributed by atoms with Gasteiger partial charge in [0.1, 0.15) is 17.1 Å². The Bertz CT molecular complexity index is 1210. The summed E-state index contributed by atoms with van der Waals surface area (Å²) < 4.78 is 16.6. The summed E-state index contributed by atoms with van der Waals surface area (Å²) in [5.41, 5.74) is 1.40. The highest BCUT2D eigenvalue weighted by molar-refractivity contribution is 7.19. The van der Waals surface area contributed by atoms with E-state index in [2.05, 4.69) is 18.3 Å². The Hall–Kier alpha value is -2.67. The summed E-state index contributed by atoms with van der Waals surface area (Å²) in [4.78, 5) is 30.6. The fourth-order valence-corrected chi connectivity index (χ4v) is 6.39. The third kappa shape index (κ3) is 4.15. The van der Waals surface area contributed by atoms with Gasteiger partial charge < -0.3 is 14.8 Å². The molecule has 3 aromatic rings. The first-order valence-electron chi connectivity index (χ1n) is 12.4. The first-order chi connectivity index (χ1) is 16.4. The van der Waals surface area contributed by atoms with Gasteiger partial charge in [0.05, 0.1) is 16.8 Å². The number of thiophene rings is 1. The van der Waals surface area contributed by atoms with E-state index in [0.717, 1.165) is 47.9 Å². The number of rotatable bonds is 5. The van der Waals surface area contributed by atoms with Crippen LogP contribution in [0.3, 0.4) is 0 Å². The number of hydrogen-bond donors (Lipinski definition) is 1. The molecule has 1 atom stereocenters. The summed E-state index contributed by atoms with van der Waals surface area (Å²) in [7, 11) is 0. The van der Waals surface area contributed by atoms with Crippen molar-refractivity contribution in [3.63, 3.8) is 0 Å².